The molecule has 0 radical (unpaired) electrons. The molecule has 4 heterocycles. The third-order valence-corrected chi connectivity index (χ3v) is 11.9. The molecule has 300 valence electrons. The highest BCUT2D eigenvalue weighted by molar-refractivity contribution is 7.10. The summed E-state index contributed by atoms with van der Waals surface area (Å²) in [6.45, 7) is 1.78. The zero-order valence-corrected chi connectivity index (χ0v) is 30.8. The monoisotopic (exact) mass is 799 g/mol. The van der Waals surface area contributed by atoms with E-state index in [1.807, 2.05) is 0 Å². The molecule has 2 aliphatic heterocycles. The van der Waals surface area contributed by atoms with Gasteiger partial charge in [-0.1, -0.05) is 31.5 Å². The molecule has 2 aromatic heterocycles. The summed E-state index contributed by atoms with van der Waals surface area (Å²) in [5.74, 6) is -1.89. The van der Waals surface area contributed by atoms with Gasteiger partial charge in [0.15, 0.2) is 6.23 Å². The van der Waals surface area contributed by atoms with Crippen LogP contribution in [0.15, 0.2) is 54.0 Å². The molecule has 3 N–H and O–H groups in total. The number of para-hydroxylation sites is 1. The Bertz CT molecular complexity index is 1830. The Morgan fingerprint density at radius 3 is 2.38 bits per heavy atom. The van der Waals surface area contributed by atoms with E-state index >= 15 is 0 Å². The van der Waals surface area contributed by atoms with Gasteiger partial charge in [-0.25, -0.2) is 0 Å². The summed E-state index contributed by atoms with van der Waals surface area (Å²) in [6.07, 6.45) is -8.73. The first-order chi connectivity index (χ1) is 26.0. The lowest BCUT2D eigenvalue weighted by molar-refractivity contribution is -0.177. The molecule has 0 bridgehead atoms. The van der Waals surface area contributed by atoms with E-state index in [0.29, 0.717) is 48.3 Å². The average molecular weight is 800 g/mol. The van der Waals surface area contributed by atoms with Crippen molar-refractivity contribution in [1.82, 2.24) is 14.8 Å². The molecule has 1 amide bonds. The molecule has 2 saturated heterocycles. The number of carboxylic acid groups (broad SMARTS) is 1. The van der Waals surface area contributed by atoms with Gasteiger partial charge in [0.2, 0.25) is 5.60 Å². The molecule has 1 aliphatic carbocycles. The number of piperidine rings is 2. The molecule has 1 aromatic carbocycles. The molecule has 55 heavy (non-hydrogen) atoms. The van der Waals surface area contributed by atoms with E-state index in [1.54, 1.807) is 31.2 Å². The van der Waals surface area contributed by atoms with Crippen LogP contribution in [0.4, 0.5) is 26.3 Å². The number of rotatable bonds is 11. The third kappa shape index (κ3) is 8.44. The number of amides is 1. The van der Waals surface area contributed by atoms with Crippen molar-refractivity contribution < 1.29 is 60.7 Å². The number of aliphatic carboxylic acids is 1. The minimum atomic E-state index is -4.86. The fraction of sp³-hybridized carbons (Fsp3) is 0.553. The van der Waals surface area contributed by atoms with Crippen LogP contribution in [0.25, 0.3) is 0 Å². The van der Waals surface area contributed by atoms with Gasteiger partial charge in [-0.2, -0.15) is 26.3 Å². The van der Waals surface area contributed by atoms with Crippen LogP contribution in [0.3, 0.4) is 0 Å². The number of benzene rings is 1. The average Bonchev–Trinajstić information content (AvgIpc) is 3.82. The molecule has 10 nitrogen and oxygen atoms in total. The zero-order chi connectivity index (χ0) is 39.8. The second-order valence-corrected chi connectivity index (χ2v) is 15.4. The number of carboxylic acids is 1. The van der Waals surface area contributed by atoms with E-state index in [-0.39, 0.29) is 63.6 Å². The summed E-state index contributed by atoms with van der Waals surface area (Å²) < 4.78 is 96.0. The van der Waals surface area contributed by atoms with E-state index in [9.17, 15) is 51.3 Å². The van der Waals surface area contributed by atoms with E-state index in [4.69, 9.17) is 9.47 Å². The maximum Gasteiger partial charge on any atom is 0.425 e. The quantitative estimate of drug-likeness (QED) is 0.170. The van der Waals surface area contributed by atoms with Crippen molar-refractivity contribution >= 4 is 23.2 Å². The normalized spacial score (nSPS) is 25.4. The summed E-state index contributed by atoms with van der Waals surface area (Å²) in [4.78, 5) is 32.1. The van der Waals surface area contributed by atoms with Crippen LogP contribution < -0.4 is 9.47 Å². The Balaban J connectivity index is 1.31. The number of likely N-dealkylation sites (tertiary alicyclic amines) is 2. The zero-order valence-electron chi connectivity index (χ0n) is 30.0. The fourth-order valence-corrected chi connectivity index (χ4v) is 8.94. The molecule has 3 aliphatic rings. The lowest BCUT2D eigenvalue weighted by atomic mass is 9.78. The number of ether oxygens (including phenoxy) is 2. The predicted octanol–water partition coefficient (Wildman–Crippen LogP) is 7.40. The number of hydrogen-bond donors (Lipinski definition) is 3. The minimum Gasteiger partial charge on any atom is -0.490 e. The van der Waals surface area contributed by atoms with E-state index in [0.717, 1.165) is 29.8 Å². The van der Waals surface area contributed by atoms with Crippen LogP contribution in [0, 0.1) is 5.92 Å². The molecule has 1 saturated carbocycles. The van der Waals surface area contributed by atoms with Gasteiger partial charge in [0.25, 0.3) is 5.91 Å². The van der Waals surface area contributed by atoms with Crippen LogP contribution in [0.1, 0.15) is 92.6 Å². The fourth-order valence-electron chi connectivity index (χ4n) is 8.26. The number of carbonyl (C=O) groups excluding carboxylic acids is 1. The largest absolute Gasteiger partial charge is 0.490 e. The highest BCUT2D eigenvalue weighted by Gasteiger charge is 2.57. The van der Waals surface area contributed by atoms with Gasteiger partial charge >= 0.3 is 18.3 Å². The van der Waals surface area contributed by atoms with Gasteiger partial charge in [-0.05, 0) is 69.6 Å². The number of thiophene rings is 1. The summed E-state index contributed by atoms with van der Waals surface area (Å²) in [7, 11) is 0. The highest BCUT2D eigenvalue weighted by Crippen LogP contribution is 2.46. The van der Waals surface area contributed by atoms with Crippen molar-refractivity contribution in [3.63, 3.8) is 0 Å². The second-order valence-electron chi connectivity index (χ2n) is 14.5. The van der Waals surface area contributed by atoms with Crippen LogP contribution in [-0.4, -0.2) is 79.4 Å². The molecular formula is C38H43F6N3O7S. The van der Waals surface area contributed by atoms with Crippen molar-refractivity contribution in [1.29, 1.82) is 0 Å². The number of alkyl halides is 6. The lowest BCUT2D eigenvalue weighted by Crippen LogP contribution is -2.68. The standard InChI is InChI=1S/C38H43F6N3O7S/c1-2-7-29-36(54-25-21-30(55-22-25)38(42,43)44,13-6-17-47(29)32(48)31-27(37(39,40)41)9-5-16-45-31)34(51)46-18-14-35(52,15-19-46)26-8-3-4-10-28(26)53-24-12-11-23(20-24)33(49)50/h3-5,8-10,16,21-24,29,32,48,52H,2,6-7,11-15,17-20H2,1H3,(H,49,50)/t23-,24-,29+,32?,36-/m0/s1. The Hall–Kier alpha value is -3.93. The summed E-state index contributed by atoms with van der Waals surface area (Å²) in [5, 5.41) is 34.2. The first-order valence-electron chi connectivity index (χ1n) is 18.3. The van der Waals surface area contributed by atoms with Crippen LogP contribution in [-0.2, 0) is 27.5 Å². The van der Waals surface area contributed by atoms with Crippen molar-refractivity contribution in [3.05, 3.63) is 75.7 Å². The predicted molar refractivity (Wildman–Crippen MR) is 187 cm³/mol. The number of hydrogen-bond acceptors (Lipinski definition) is 9. The molecule has 5 atom stereocenters. The molecule has 1 unspecified atom stereocenters. The van der Waals surface area contributed by atoms with Crippen LogP contribution >= 0.6 is 11.3 Å². The van der Waals surface area contributed by atoms with Crippen molar-refractivity contribution in [2.75, 3.05) is 19.6 Å². The van der Waals surface area contributed by atoms with Crippen molar-refractivity contribution in [2.24, 2.45) is 5.92 Å². The first-order valence-corrected chi connectivity index (χ1v) is 19.2. The maximum atomic E-state index is 15.0. The Morgan fingerprint density at radius 2 is 1.75 bits per heavy atom. The maximum absolute atomic E-state index is 15.0. The Labute approximate surface area is 317 Å². The number of aliphatic hydroxyl groups excluding tert-OH is 1. The summed E-state index contributed by atoms with van der Waals surface area (Å²) >= 11 is 0.379. The third-order valence-electron chi connectivity index (χ3n) is 11.0. The summed E-state index contributed by atoms with van der Waals surface area (Å²) in [5.41, 5.74) is -4.77. The minimum absolute atomic E-state index is 0.0125. The lowest BCUT2D eigenvalue weighted by Gasteiger charge is -2.52. The van der Waals surface area contributed by atoms with Gasteiger partial charge < -0.3 is 29.7 Å². The van der Waals surface area contributed by atoms with Gasteiger partial charge in [0.05, 0.1) is 34.9 Å². The van der Waals surface area contributed by atoms with Crippen LogP contribution in [0.5, 0.6) is 11.5 Å². The molecule has 17 heteroatoms. The van der Waals surface area contributed by atoms with Crippen LogP contribution in [0.2, 0.25) is 0 Å². The molecule has 3 aromatic rings. The molecule has 3 fully saturated rings. The van der Waals surface area contributed by atoms with E-state index < -0.39 is 69.8 Å². The van der Waals surface area contributed by atoms with Gasteiger partial charge in [0, 0.05) is 42.8 Å². The second kappa shape index (κ2) is 15.9. The van der Waals surface area contributed by atoms with E-state index in [1.165, 1.54) is 9.80 Å². The number of carbonyl (C=O) groups is 2. The van der Waals surface area contributed by atoms with Gasteiger partial charge in [-0.3, -0.25) is 19.5 Å². The molecule has 0 spiro atoms. The van der Waals surface area contributed by atoms with E-state index in [2.05, 4.69) is 4.98 Å². The molecular weight excluding hydrogens is 756 g/mol. The number of halogens is 6. The smallest absolute Gasteiger partial charge is 0.425 e. The van der Waals surface area contributed by atoms with Gasteiger partial charge in [0.1, 0.15) is 16.4 Å². The Kier molecular flexibility index (Phi) is 11.8. The van der Waals surface area contributed by atoms with Crippen molar-refractivity contribution in [3.8, 4) is 11.5 Å². The summed E-state index contributed by atoms with van der Waals surface area (Å²) in [6, 6.07) is 8.45. The number of nitrogens with zero attached hydrogens (tertiary/aromatic N) is 3. The van der Waals surface area contributed by atoms with Crippen molar-refractivity contribution in [2.45, 2.75) is 107 Å². The number of pyridine rings is 1. The topological polar surface area (TPSA) is 133 Å². The van der Waals surface area contributed by atoms with Gasteiger partial charge in [-0.15, -0.1) is 11.3 Å². The number of aliphatic hydroxyl groups is 2. The Morgan fingerprint density at radius 1 is 1.02 bits per heavy atom. The number of aromatic nitrogens is 1. The molecule has 6 rings (SSSR count). The highest BCUT2D eigenvalue weighted by atomic mass is 32.1. The first kappa shape index (κ1) is 40.7. The SMILES string of the molecule is CCC[C@H]1N(C(O)c2ncccc2C(F)(F)F)CCC[C@@]1(Oc1csc(C(F)(F)F)c1)C(=O)N1CCC(O)(c2ccccc2O[C@H]2CC[C@H](C(=O)O)C2)CC1.